The number of allylic oxidation sites excluding steroid dienone is 3. The smallest absolute Gasteiger partial charge is 0.333 e. The lowest BCUT2D eigenvalue weighted by molar-refractivity contribution is -0.136. The Morgan fingerprint density at radius 2 is 2.40 bits per heavy atom. The van der Waals surface area contributed by atoms with Gasteiger partial charge in [0.05, 0.1) is 7.11 Å². The molecule has 0 bridgehead atoms. The lowest BCUT2D eigenvalue weighted by atomic mass is 10.1. The van der Waals surface area contributed by atoms with E-state index in [1.807, 2.05) is 18.2 Å². The second-order valence-electron chi connectivity index (χ2n) is 3.40. The number of methoxy groups -OCH3 is 1. The molecule has 1 atom stereocenters. The highest BCUT2D eigenvalue weighted by Gasteiger charge is 2.20. The Kier molecular flexibility index (Phi) is 4.84. The van der Waals surface area contributed by atoms with Crippen LogP contribution in [0.15, 0.2) is 36.5 Å². The van der Waals surface area contributed by atoms with Crippen molar-refractivity contribution in [1.29, 1.82) is 0 Å². The first-order chi connectivity index (χ1) is 7.27. The minimum absolute atomic E-state index is 0.226. The summed E-state index contributed by atoms with van der Waals surface area (Å²) in [6.45, 7) is 4.55. The van der Waals surface area contributed by atoms with Crippen LogP contribution < -0.4 is 5.32 Å². The van der Waals surface area contributed by atoms with Crippen LogP contribution in [0.1, 0.15) is 12.8 Å². The van der Waals surface area contributed by atoms with Crippen molar-refractivity contribution < 1.29 is 9.53 Å². The van der Waals surface area contributed by atoms with E-state index in [1.165, 1.54) is 7.11 Å². The average Bonchev–Trinajstić information content (AvgIpc) is 3.05. The first kappa shape index (κ1) is 11.7. The summed E-state index contributed by atoms with van der Waals surface area (Å²) in [6, 6.07) is 0.363. The van der Waals surface area contributed by atoms with Crippen LogP contribution in [0, 0.1) is 0 Å². The number of carbonyl (C=O) groups is 1. The molecule has 0 radical (unpaired) electrons. The van der Waals surface area contributed by atoms with Crippen molar-refractivity contribution in [2.45, 2.75) is 18.9 Å². The van der Waals surface area contributed by atoms with E-state index in [9.17, 15) is 4.79 Å². The Hall–Kier alpha value is -1.35. The maximum Gasteiger partial charge on any atom is 0.333 e. The lowest BCUT2D eigenvalue weighted by Gasteiger charge is -2.02. The molecule has 0 saturated carbocycles. The quantitative estimate of drug-likeness (QED) is 0.311. The van der Waals surface area contributed by atoms with Crippen LogP contribution in [0.5, 0.6) is 0 Å². The molecule has 0 aromatic carbocycles. The molecule has 1 saturated heterocycles. The molecular weight excluding hydrogens is 190 g/mol. The standard InChI is InChI=1S/C12H17NO2/c1-3-4-5-6-7-10(12(14)15-2)8-11-9-13-11/h3-5,8,11,13H,1,6-7,9H2,2H3/b5-4+,10-8+/t11-/m1/s1. The fourth-order valence-corrected chi connectivity index (χ4v) is 1.24. The van der Waals surface area contributed by atoms with Crippen LogP contribution in [0.3, 0.4) is 0 Å². The molecule has 1 fully saturated rings. The predicted octanol–water partition coefficient (Wildman–Crippen LogP) is 1.58. The van der Waals surface area contributed by atoms with Gasteiger partial charge in [-0.25, -0.2) is 4.79 Å². The van der Waals surface area contributed by atoms with Gasteiger partial charge < -0.3 is 10.1 Å². The van der Waals surface area contributed by atoms with Crippen molar-refractivity contribution >= 4 is 5.97 Å². The third kappa shape index (κ3) is 4.61. The van der Waals surface area contributed by atoms with E-state index in [0.717, 1.165) is 25.0 Å². The van der Waals surface area contributed by atoms with Gasteiger partial charge in [-0.05, 0) is 12.8 Å². The average molecular weight is 207 g/mol. The zero-order valence-electron chi connectivity index (χ0n) is 9.03. The molecule has 1 aliphatic heterocycles. The second-order valence-corrected chi connectivity index (χ2v) is 3.40. The summed E-state index contributed by atoms with van der Waals surface area (Å²) >= 11 is 0. The van der Waals surface area contributed by atoms with Gasteiger partial charge in [-0.3, -0.25) is 0 Å². The Labute approximate surface area is 90.5 Å². The molecule has 0 spiro atoms. The fraction of sp³-hybridized carbons (Fsp3) is 0.417. The molecule has 1 heterocycles. The normalized spacial score (nSPS) is 20.3. The maximum absolute atomic E-state index is 11.4. The molecule has 15 heavy (non-hydrogen) atoms. The number of carbonyl (C=O) groups excluding carboxylic acids is 1. The molecule has 1 N–H and O–H groups in total. The Bertz CT molecular complexity index is 288. The molecule has 3 heteroatoms. The fourth-order valence-electron chi connectivity index (χ4n) is 1.24. The first-order valence-corrected chi connectivity index (χ1v) is 5.08. The minimum Gasteiger partial charge on any atom is -0.466 e. The van der Waals surface area contributed by atoms with E-state index < -0.39 is 0 Å². The molecule has 0 aliphatic carbocycles. The van der Waals surface area contributed by atoms with Crippen molar-refractivity contribution in [3.05, 3.63) is 36.5 Å². The Balaban J connectivity index is 2.45. The third-order valence-electron chi connectivity index (χ3n) is 2.14. The predicted molar refractivity (Wildman–Crippen MR) is 60.5 cm³/mol. The number of nitrogens with one attached hydrogen (secondary N) is 1. The van der Waals surface area contributed by atoms with E-state index in [2.05, 4.69) is 11.9 Å². The molecular formula is C12H17NO2. The van der Waals surface area contributed by atoms with Crippen LogP contribution in [0.25, 0.3) is 0 Å². The van der Waals surface area contributed by atoms with Crippen molar-refractivity contribution in [3.63, 3.8) is 0 Å². The maximum atomic E-state index is 11.4. The zero-order valence-corrected chi connectivity index (χ0v) is 9.03. The molecule has 82 valence electrons. The van der Waals surface area contributed by atoms with Crippen LogP contribution in [0.2, 0.25) is 0 Å². The molecule has 1 aliphatic rings. The Morgan fingerprint density at radius 1 is 1.67 bits per heavy atom. The highest BCUT2D eigenvalue weighted by Crippen LogP contribution is 2.12. The summed E-state index contributed by atoms with van der Waals surface area (Å²) in [6.07, 6.45) is 9.10. The second kappa shape index (κ2) is 6.19. The highest BCUT2D eigenvalue weighted by molar-refractivity contribution is 5.88. The molecule has 1 rings (SSSR count). The van der Waals surface area contributed by atoms with Crippen LogP contribution in [-0.4, -0.2) is 25.7 Å². The van der Waals surface area contributed by atoms with Gasteiger partial charge in [-0.1, -0.05) is 30.9 Å². The van der Waals surface area contributed by atoms with Crippen molar-refractivity contribution in [2.24, 2.45) is 0 Å². The van der Waals surface area contributed by atoms with E-state index in [4.69, 9.17) is 4.74 Å². The van der Waals surface area contributed by atoms with Gasteiger partial charge in [0.1, 0.15) is 0 Å². The highest BCUT2D eigenvalue weighted by atomic mass is 16.5. The summed E-state index contributed by atoms with van der Waals surface area (Å²) < 4.78 is 4.72. The molecule has 0 aromatic rings. The molecule has 0 amide bonds. The Morgan fingerprint density at radius 3 is 2.93 bits per heavy atom. The number of rotatable bonds is 6. The minimum atomic E-state index is -0.226. The summed E-state index contributed by atoms with van der Waals surface area (Å²) in [4.78, 5) is 11.4. The zero-order chi connectivity index (χ0) is 11.1. The van der Waals surface area contributed by atoms with Gasteiger partial charge in [-0.15, -0.1) is 0 Å². The van der Waals surface area contributed by atoms with Gasteiger partial charge in [-0.2, -0.15) is 0 Å². The van der Waals surface area contributed by atoms with Crippen LogP contribution in [-0.2, 0) is 9.53 Å². The molecule has 0 aromatic heterocycles. The lowest BCUT2D eigenvalue weighted by Crippen LogP contribution is -2.06. The number of hydrogen-bond acceptors (Lipinski definition) is 3. The summed E-state index contributed by atoms with van der Waals surface area (Å²) in [7, 11) is 1.41. The third-order valence-corrected chi connectivity index (χ3v) is 2.14. The van der Waals surface area contributed by atoms with Gasteiger partial charge in [0.25, 0.3) is 0 Å². The van der Waals surface area contributed by atoms with E-state index in [1.54, 1.807) is 6.08 Å². The van der Waals surface area contributed by atoms with Crippen molar-refractivity contribution in [3.8, 4) is 0 Å². The summed E-state index contributed by atoms with van der Waals surface area (Å²) in [5.74, 6) is -0.226. The first-order valence-electron chi connectivity index (χ1n) is 5.08. The van der Waals surface area contributed by atoms with Crippen molar-refractivity contribution in [1.82, 2.24) is 5.32 Å². The van der Waals surface area contributed by atoms with Gasteiger partial charge in [0.2, 0.25) is 0 Å². The SMILES string of the molecule is C=C/C=C/CC/C(=C\[C@@H]1CN1)C(=O)OC. The molecule has 0 unspecified atom stereocenters. The number of esters is 1. The van der Waals surface area contributed by atoms with E-state index in [-0.39, 0.29) is 5.97 Å². The largest absolute Gasteiger partial charge is 0.466 e. The van der Waals surface area contributed by atoms with Crippen LogP contribution in [0.4, 0.5) is 0 Å². The van der Waals surface area contributed by atoms with Crippen LogP contribution >= 0.6 is 0 Å². The monoisotopic (exact) mass is 207 g/mol. The molecule has 3 nitrogen and oxygen atoms in total. The van der Waals surface area contributed by atoms with E-state index >= 15 is 0 Å². The van der Waals surface area contributed by atoms with Gasteiger partial charge in [0, 0.05) is 18.2 Å². The van der Waals surface area contributed by atoms with E-state index in [0.29, 0.717) is 6.04 Å². The van der Waals surface area contributed by atoms with Crippen molar-refractivity contribution in [2.75, 3.05) is 13.7 Å². The number of hydrogen-bond donors (Lipinski definition) is 1. The summed E-state index contributed by atoms with van der Waals surface area (Å²) in [5, 5.41) is 3.13. The topological polar surface area (TPSA) is 48.2 Å². The van der Waals surface area contributed by atoms with Gasteiger partial charge >= 0.3 is 5.97 Å². The number of ether oxygens (including phenoxy) is 1. The van der Waals surface area contributed by atoms with Gasteiger partial charge in [0.15, 0.2) is 0 Å². The summed E-state index contributed by atoms with van der Waals surface area (Å²) in [5.41, 5.74) is 0.751.